The summed E-state index contributed by atoms with van der Waals surface area (Å²) >= 11 is 0. The van der Waals surface area contributed by atoms with Gasteiger partial charge in [-0.1, -0.05) is 0 Å². The molecule has 1 atom stereocenters. The lowest BCUT2D eigenvalue weighted by Gasteiger charge is -2.34. The predicted octanol–water partition coefficient (Wildman–Crippen LogP) is 0.0548. The molecule has 1 aliphatic rings. The molecule has 7 nitrogen and oxygen atoms in total. The van der Waals surface area contributed by atoms with Crippen LogP contribution in [0.3, 0.4) is 0 Å². The molecule has 7 heteroatoms. The largest absolute Gasteiger partial charge is 0.479 e. The number of amides is 1. The lowest BCUT2D eigenvalue weighted by atomic mass is 9.97. The molecule has 1 amide bonds. The van der Waals surface area contributed by atoms with Gasteiger partial charge in [-0.2, -0.15) is 5.10 Å². The Balaban J connectivity index is 2.16. The molecular weight excluding hydrogens is 262 g/mol. The van der Waals surface area contributed by atoms with Crippen molar-refractivity contribution >= 4 is 11.9 Å². The summed E-state index contributed by atoms with van der Waals surface area (Å²) in [5.74, 6) is -1.20. The number of hydrogen-bond donors (Lipinski definition) is 1. The number of ether oxygens (including phenoxy) is 1. The average Bonchev–Trinajstić information content (AvgIpc) is 2.97. The lowest BCUT2D eigenvalue weighted by molar-refractivity contribution is -0.160. The van der Waals surface area contributed by atoms with Crippen molar-refractivity contribution in [2.75, 3.05) is 20.3 Å². The third kappa shape index (κ3) is 2.53. The zero-order valence-electron chi connectivity index (χ0n) is 11.7. The van der Waals surface area contributed by atoms with Crippen LogP contribution in [0.1, 0.15) is 18.4 Å². The summed E-state index contributed by atoms with van der Waals surface area (Å²) in [4.78, 5) is 25.4. The Morgan fingerprint density at radius 3 is 2.85 bits per heavy atom. The zero-order chi connectivity index (χ0) is 14.8. The fraction of sp³-hybridized carbons (Fsp3) is 0.615. The molecule has 0 bridgehead atoms. The van der Waals surface area contributed by atoms with Crippen LogP contribution in [0.25, 0.3) is 0 Å². The van der Waals surface area contributed by atoms with Gasteiger partial charge in [0.15, 0.2) is 5.54 Å². The van der Waals surface area contributed by atoms with E-state index in [0.29, 0.717) is 19.4 Å². The van der Waals surface area contributed by atoms with Crippen LogP contribution in [-0.2, 0) is 27.8 Å². The Bertz CT molecular complexity index is 513. The first-order chi connectivity index (χ1) is 9.49. The highest BCUT2D eigenvalue weighted by Gasteiger charge is 2.49. The summed E-state index contributed by atoms with van der Waals surface area (Å²) < 4.78 is 6.65. The maximum absolute atomic E-state index is 12.4. The van der Waals surface area contributed by atoms with Crippen molar-refractivity contribution in [3.05, 3.63) is 18.0 Å². The summed E-state index contributed by atoms with van der Waals surface area (Å²) in [6.45, 7) is 0.468. The molecule has 1 saturated heterocycles. The van der Waals surface area contributed by atoms with Gasteiger partial charge in [-0.15, -0.1) is 0 Å². The highest BCUT2D eigenvalue weighted by atomic mass is 16.5. The van der Waals surface area contributed by atoms with E-state index in [1.54, 1.807) is 24.1 Å². The lowest BCUT2D eigenvalue weighted by Crippen LogP contribution is -2.56. The van der Waals surface area contributed by atoms with E-state index < -0.39 is 11.5 Å². The molecule has 0 spiro atoms. The molecule has 1 aliphatic heterocycles. The van der Waals surface area contributed by atoms with Crippen LogP contribution >= 0.6 is 0 Å². The standard InChI is InChI=1S/C13H19N3O4/c1-15-8-10(7-14-15)6-11(17)16-5-3-4-13(16,9-20-2)12(18)19/h7-8H,3-6,9H2,1-2H3,(H,18,19). The molecular formula is C13H19N3O4. The number of rotatable bonds is 5. The molecule has 0 saturated carbocycles. The number of nitrogens with zero attached hydrogens (tertiary/aromatic N) is 3. The fourth-order valence-corrected chi connectivity index (χ4v) is 2.75. The van der Waals surface area contributed by atoms with Crippen LogP contribution in [0.2, 0.25) is 0 Å². The van der Waals surface area contributed by atoms with Gasteiger partial charge in [0.1, 0.15) is 0 Å². The van der Waals surface area contributed by atoms with E-state index in [2.05, 4.69) is 5.10 Å². The molecule has 1 aromatic heterocycles. The molecule has 20 heavy (non-hydrogen) atoms. The molecule has 0 aromatic carbocycles. The summed E-state index contributed by atoms with van der Waals surface area (Å²) in [6, 6.07) is 0. The fourth-order valence-electron chi connectivity index (χ4n) is 2.75. The van der Waals surface area contributed by atoms with Crippen molar-refractivity contribution < 1.29 is 19.4 Å². The van der Waals surface area contributed by atoms with Gasteiger partial charge in [-0.25, -0.2) is 4.79 Å². The quantitative estimate of drug-likeness (QED) is 0.824. The van der Waals surface area contributed by atoms with Gasteiger partial charge >= 0.3 is 5.97 Å². The van der Waals surface area contributed by atoms with Crippen molar-refractivity contribution in [1.29, 1.82) is 0 Å². The van der Waals surface area contributed by atoms with E-state index in [1.165, 1.54) is 12.0 Å². The van der Waals surface area contributed by atoms with Gasteiger partial charge < -0.3 is 14.7 Å². The van der Waals surface area contributed by atoms with Crippen molar-refractivity contribution in [3.8, 4) is 0 Å². The van der Waals surface area contributed by atoms with Crippen LogP contribution in [0.15, 0.2) is 12.4 Å². The summed E-state index contributed by atoms with van der Waals surface area (Å²) in [6.07, 6.45) is 4.63. The number of carbonyl (C=O) groups is 2. The first-order valence-electron chi connectivity index (χ1n) is 6.50. The maximum Gasteiger partial charge on any atom is 0.332 e. The van der Waals surface area contributed by atoms with Crippen LogP contribution in [0, 0.1) is 0 Å². The Kier molecular flexibility index (Phi) is 4.08. The van der Waals surface area contributed by atoms with Gasteiger partial charge in [-0.3, -0.25) is 9.48 Å². The zero-order valence-corrected chi connectivity index (χ0v) is 11.7. The number of carboxylic acids is 1. The van der Waals surface area contributed by atoms with Gasteiger partial charge in [0.05, 0.1) is 19.2 Å². The average molecular weight is 281 g/mol. The molecule has 2 heterocycles. The minimum absolute atomic E-state index is 0.0150. The van der Waals surface area contributed by atoms with Crippen LogP contribution in [-0.4, -0.2) is 57.5 Å². The second kappa shape index (κ2) is 5.62. The number of carbonyl (C=O) groups excluding carboxylic acids is 1. The van der Waals surface area contributed by atoms with Crippen molar-refractivity contribution in [3.63, 3.8) is 0 Å². The molecule has 2 rings (SSSR count). The predicted molar refractivity (Wildman–Crippen MR) is 70.1 cm³/mol. The van der Waals surface area contributed by atoms with Crippen molar-refractivity contribution in [1.82, 2.24) is 14.7 Å². The molecule has 0 radical (unpaired) electrons. The minimum atomic E-state index is -1.23. The first kappa shape index (κ1) is 14.5. The number of aliphatic carboxylic acids is 1. The van der Waals surface area contributed by atoms with E-state index in [1.807, 2.05) is 0 Å². The van der Waals surface area contributed by atoms with Gasteiger partial charge in [-0.05, 0) is 18.4 Å². The van der Waals surface area contributed by atoms with Gasteiger partial charge in [0.25, 0.3) is 0 Å². The second-order valence-corrected chi connectivity index (χ2v) is 5.12. The van der Waals surface area contributed by atoms with E-state index in [-0.39, 0.29) is 18.9 Å². The van der Waals surface area contributed by atoms with Crippen molar-refractivity contribution in [2.45, 2.75) is 24.8 Å². The molecule has 1 aromatic rings. The monoisotopic (exact) mass is 281 g/mol. The second-order valence-electron chi connectivity index (χ2n) is 5.12. The van der Waals surface area contributed by atoms with Crippen LogP contribution in [0.5, 0.6) is 0 Å². The number of aryl methyl sites for hydroxylation is 1. The SMILES string of the molecule is COCC1(C(=O)O)CCCN1C(=O)Cc1cnn(C)c1. The highest BCUT2D eigenvalue weighted by Crippen LogP contribution is 2.30. The van der Waals surface area contributed by atoms with E-state index in [9.17, 15) is 14.7 Å². The van der Waals surface area contributed by atoms with Crippen molar-refractivity contribution in [2.24, 2.45) is 7.05 Å². The Labute approximate surface area is 117 Å². The molecule has 0 aliphatic carbocycles. The van der Waals surface area contributed by atoms with Gasteiger partial charge in [0, 0.05) is 26.9 Å². The number of aromatic nitrogens is 2. The highest BCUT2D eigenvalue weighted by molar-refractivity contribution is 5.88. The number of likely N-dealkylation sites (tertiary alicyclic amines) is 1. The van der Waals surface area contributed by atoms with Gasteiger partial charge in [0.2, 0.25) is 5.91 Å². The molecule has 1 fully saturated rings. The third-order valence-electron chi connectivity index (χ3n) is 3.68. The normalized spacial score (nSPS) is 22.2. The van der Waals surface area contributed by atoms with E-state index in [4.69, 9.17) is 4.74 Å². The van der Waals surface area contributed by atoms with Crippen LogP contribution < -0.4 is 0 Å². The first-order valence-corrected chi connectivity index (χ1v) is 6.50. The molecule has 110 valence electrons. The third-order valence-corrected chi connectivity index (χ3v) is 3.68. The molecule has 1 unspecified atom stereocenters. The summed E-state index contributed by atoms with van der Waals surface area (Å²) in [5.41, 5.74) is -0.449. The summed E-state index contributed by atoms with van der Waals surface area (Å²) in [7, 11) is 3.23. The Morgan fingerprint density at radius 1 is 1.55 bits per heavy atom. The number of hydrogen-bond acceptors (Lipinski definition) is 4. The van der Waals surface area contributed by atoms with E-state index >= 15 is 0 Å². The summed E-state index contributed by atoms with van der Waals surface area (Å²) in [5, 5.41) is 13.5. The number of methoxy groups -OCH3 is 1. The van der Waals surface area contributed by atoms with E-state index in [0.717, 1.165) is 5.56 Å². The smallest absolute Gasteiger partial charge is 0.332 e. The molecule has 1 N–H and O–H groups in total. The minimum Gasteiger partial charge on any atom is -0.479 e. The Morgan fingerprint density at radius 2 is 2.30 bits per heavy atom. The number of carboxylic acid groups (broad SMARTS) is 1. The topological polar surface area (TPSA) is 84.7 Å². The Hall–Kier alpha value is -1.89. The van der Waals surface area contributed by atoms with Crippen LogP contribution in [0.4, 0.5) is 0 Å². The maximum atomic E-state index is 12.4.